The Bertz CT molecular complexity index is 1900. The predicted octanol–water partition coefficient (Wildman–Crippen LogP) is 6.12. The van der Waals surface area contributed by atoms with Gasteiger partial charge in [0.05, 0.1) is 19.1 Å². The molecule has 0 radical (unpaired) electrons. The fourth-order valence-electron chi connectivity index (χ4n) is 11.2. The third-order valence-corrected chi connectivity index (χ3v) is 13.2. The number of nitrogens with one attached hydrogen (secondary N) is 2. The SMILES string of the molecule is C/C=C1/CN(C)[C@H]2Cc3c([nH]c4ccccc34)[C@@H](c3ccc4c5c([nH]c4c3)[C@@H]3C[C@H]4C[C@H]([C@H](C)O)[C@@H]3N(CC5)C4)C[C@@H]1[C@@H]2C(=O)OC. The molecule has 47 heavy (non-hydrogen) atoms. The molecule has 1 saturated carbocycles. The normalized spacial score (nSPS) is 34.8. The highest BCUT2D eigenvalue weighted by atomic mass is 16.5. The molecule has 7 nitrogen and oxygen atoms in total. The summed E-state index contributed by atoms with van der Waals surface area (Å²) < 4.78 is 5.53. The Kier molecular flexibility index (Phi) is 7.01. The van der Waals surface area contributed by atoms with Crippen molar-refractivity contribution in [2.24, 2.45) is 23.7 Å². The van der Waals surface area contributed by atoms with Crippen molar-refractivity contribution < 1.29 is 14.6 Å². The lowest BCUT2D eigenvalue weighted by Gasteiger charge is -2.54. The van der Waals surface area contributed by atoms with Crippen molar-refractivity contribution in [2.45, 2.75) is 76.0 Å². The van der Waals surface area contributed by atoms with Crippen LogP contribution in [0, 0.1) is 23.7 Å². The van der Waals surface area contributed by atoms with E-state index in [4.69, 9.17) is 4.74 Å². The monoisotopic (exact) mass is 632 g/mol. The molecule has 7 heteroatoms. The summed E-state index contributed by atoms with van der Waals surface area (Å²) in [6.45, 7) is 7.26. The van der Waals surface area contributed by atoms with E-state index in [0.717, 1.165) is 38.8 Å². The lowest BCUT2D eigenvalue weighted by Crippen LogP contribution is -2.58. The molecular weight excluding hydrogens is 584 g/mol. The Hall–Kier alpha value is -3.39. The van der Waals surface area contributed by atoms with Crippen LogP contribution in [0.3, 0.4) is 0 Å². The van der Waals surface area contributed by atoms with Crippen LogP contribution >= 0.6 is 0 Å². The number of rotatable bonds is 3. The molecule has 1 unspecified atom stereocenters. The number of ether oxygens (including phenoxy) is 1. The Morgan fingerprint density at radius 1 is 1.02 bits per heavy atom. The molecule has 10 atom stereocenters. The number of aromatic nitrogens is 2. The Morgan fingerprint density at radius 2 is 1.83 bits per heavy atom. The zero-order chi connectivity index (χ0) is 32.1. The standard InChI is InChI=1S/C40H48N4O3/c1-5-23-20-43(3)35-18-31-25-8-6-7-9-33(25)41-38(31)30(17-29(23)36(35)40(46)47-4)24-10-11-26-27-12-13-44-19-22-14-28(21(2)45)39(44)32(15-22)37(27)42-34(26)16-24/h5-11,16,21-22,28-30,32,35-36,39,41-42,45H,12-15,17-20H2,1-4H3/b23-5-/t21-,22+,28+,29-,30+,32-,35-,36-,39-/m0/s1. The van der Waals surface area contributed by atoms with Gasteiger partial charge in [0.25, 0.3) is 0 Å². The summed E-state index contributed by atoms with van der Waals surface area (Å²) in [5.41, 5.74) is 10.6. The predicted molar refractivity (Wildman–Crippen MR) is 186 cm³/mol. The van der Waals surface area contributed by atoms with Gasteiger partial charge in [0.15, 0.2) is 0 Å². The second-order valence-corrected chi connectivity index (χ2v) is 15.5. The zero-order valence-corrected chi connectivity index (χ0v) is 28.1. The molecule has 4 aliphatic heterocycles. The van der Waals surface area contributed by atoms with E-state index in [0.29, 0.717) is 23.8 Å². The molecule has 2 aliphatic carbocycles. The minimum absolute atomic E-state index is 0.0764. The van der Waals surface area contributed by atoms with E-state index in [2.05, 4.69) is 82.3 Å². The second kappa shape index (κ2) is 11.1. The molecule has 3 N–H and O–H groups in total. The number of carbonyl (C=O) groups excluding carboxylic acids is 1. The molecule has 246 valence electrons. The summed E-state index contributed by atoms with van der Waals surface area (Å²) in [6.07, 6.45) is 7.06. The summed E-state index contributed by atoms with van der Waals surface area (Å²) in [7, 11) is 3.71. The fourth-order valence-corrected chi connectivity index (χ4v) is 11.2. The number of likely N-dealkylation sites (N-methyl/N-ethyl adjacent to an activating group) is 1. The van der Waals surface area contributed by atoms with E-state index in [9.17, 15) is 9.90 Å². The molecule has 4 aromatic rings. The van der Waals surface area contributed by atoms with Gasteiger partial charge in [0, 0.05) is 82.7 Å². The number of benzene rings is 2. The maximum absolute atomic E-state index is 13.6. The van der Waals surface area contributed by atoms with Gasteiger partial charge in [-0.2, -0.15) is 0 Å². The average Bonchev–Trinajstić information content (AvgIpc) is 3.60. The van der Waals surface area contributed by atoms with E-state index >= 15 is 0 Å². The van der Waals surface area contributed by atoms with Crippen LogP contribution in [0.5, 0.6) is 0 Å². The van der Waals surface area contributed by atoms with Crippen LogP contribution in [-0.2, 0) is 22.4 Å². The van der Waals surface area contributed by atoms with E-state index in [1.807, 2.05) is 6.92 Å². The van der Waals surface area contributed by atoms with Crippen molar-refractivity contribution in [1.82, 2.24) is 19.8 Å². The van der Waals surface area contributed by atoms with Crippen LogP contribution in [0.15, 0.2) is 54.1 Å². The highest BCUT2D eigenvalue weighted by molar-refractivity contribution is 5.88. The van der Waals surface area contributed by atoms with Gasteiger partial charge in [-0.3, -0.25) is 14.6 Å². The Balaban J connectivity index is 1.19. The van der Waals surface area contributed by atoms with Crippen LogP contribution in [0.4, 0.5) is 0 Å². The quantitative estimate of drug-likeness (QED) is 0.187. The van der Waals surface area contributed by atoms with Gasteiger partial charge in [-0.25, -0.2) is 0 Å². The molecule has 10 rings (SSSR count). The van der Waals surface area contributed by atoms with Crippen molar-refractivity contribution in [3.63, 3.8) is 0 Å². The number of methoxy groups -OCH3 is 1. The van der Waals surface area contributed by atoms with Crippen LogP contribution in [0.2, 0.25) is 0 Å². The molecule has 4 fully saturated rings. The molecule has 6 aliphatic rings. The van der Waals surface area contributed by atoms with E-state index in [-0.39, 0.29) is 35.9 Å². The molecular formula is C40H48N4O3. The van der Waals surface area contributed by atoms with Crippen molar-refractivity contribution in [3.05, 3.63) is 82.2 Å². The number of para-hydroxylation sites is 1. The number of allylic oxidation sites excluding steroid dienone is 1. The largest absolute Gasteiger partial charge is 0.469 e. The van der Waals surface area contributed by atoms with Crippen LogP contribution in [0.1, 0.15) is 73.0 Å². The summed E-state index contributed by atoms with van der Waals surface area (Å²) in [4.78, 5) is 26.6. The molecule has 3 saturated heterocycles. The Labute approximate surface area is 277 Å². The number of carbonyl (C=O) groups is 1. The summed E-state index contributed by atoms with van der Waals surface area (Å²) >= 11 is 0. The first kappa shape index (κ1) is 29.7. The molecule has 6 bridgehead atoms. The summed E-state index contributed by atoms with van der Waals surface area (Å²) in [5, 5.41) is 13.4. The number of hydrogen-bond donors (Lipinski definition) is 3. The zero-order valence-electron chi connectivity index (χ0n) is 28.1. The first-order valence-electron chi connectivity index (χ1n) is 17.9. The lowest BCUT2D eigenvalue weighted by atomic mass is 9.64. The van der Waals surface area contributed by atoms with E-state index in [1.54, 1.807) is 7.11 Å². The first-order chi connectivity index (χ1) is 22.8. The van der Waals surface area contributed by atoms with Crippen molar-refractivity contribution in [3.8, 4) is 0 Å². The molecule has 2 aromatic carbocycles. The van der Waals surface area contributed by atoms with Gasteiger partial charge in [-0.15, -0.1) is 0 Å². The number of likely N-dealkylation sites (tertiary alicyclic amines) is 1. The highest BCUT2D eigenvalue weighted by Crippen LogP contribution is 2.52. The summed E-state index contributed by atoms with van der Waals surface area (Å²) in [6, 6.07) is 16.3. The number of aromatic amines is 2. The van der Waals surface area contributed by atoms with Crippen molar-refractivity contribution in [1.29, 1.82) is 0 Å². The van der Waals surface area contributed by atoms with Gasteiger partial charge in [-0.1, -0.05) is 42.0 Å². The third-order valence-electron chi connectivity index (χ3n) is 13.2. The molecule has 2 aromatic heterocycles. The number of nitrogens with zero attached hydrogens (tertiary/aromatic N) is 2. The van der Waals surface area contributed by atoms with Gasteiger partial charge >= 0.3 is 5.97 Å². The number of esters is 1. The molecule has 6 heterocycles. The minimum atomic E-state index is -0.273. The number of hydrogen-bond acceptors (Lipinski definition) is 5. The van der Waals surface area contributed by atoms with Crippen LogP contribution in [0.25, 0.3) is 21.8 Å². The number of fused-ring (bicyclic) bond motifs is 9. The van der Waals surface area contributed by atoms with Crippen LogP contribution in [-0.4, -0.2) is 82.8 Å². The number of aliphatic hydroxyl groups excluding tert-OH is 1. The lowest BCUT2D eigenvalue weighted by molar-refractivity contribution is -0.151. The maximum Gasteiger partial charge on any atom is 0.310 e. The van der Waals surface area contributed by atoms with Crippen molar-refractivity contribution >= 4 is 27.8 Å². The summed E-state index contributed by atoms with van der Waals surface area (Å²) in [5.74, 6) is 1.37. The average molecular weight is 633 g/mol. The number of piperidine rings is 3. The Morgan fingerprint density at radius 3 is 2.64 bits per heavy atom. The highest BCUT2D eigenvalue weighted by Gasteiger charge is 2.51. The maximum atomic E-state index is 13.6. The molecule has 0 spiro atoms. The fraction of sp³-hybridized carbons (Fsp3) is 0.525. The van der Waals surface area contributed by atoms with Crippen molar-refractivity contribution in [2.75, 3.05) is 33.8 Å². The van der Waals surface area contributed by atoms with Gasteiger partial charge in [0.1, 0.15) is 0 Å². The van der Waals surface area contributed by atoms with Gasteiger partial charge in [0.2, 0.25) is 0 Å². The van der Waals surface area contributed by atoms with E-state index < -0.39 is 0 Å². The molecule has 0 amide bonds. The van der Waals surface area contributed by atoms with Gasteiger partial charge < -0.3 is 19.8 Å². The topological polar surface area (TPSA) is 84.6 Å². The van der Waals surface area contributed by atoms with Crippen LogP contribution < -0.4 is 0 Å². The third kappa shape index (κ3) is 4.45. The van der Waals surface area contributed by atoms with Gasteiger partial charge in [-0.05, 0) is 93.7 Å². The number of H-pyrrole nitrogens is 2. The van der Waals surface area contributed by atoms with E-state index in [1.165, 1.54) is 68.4 Å². The number of aliphatic hydroxyl groups is 1. The second-order valence-electron chi connectivity index (χ2n) is 15.5. The minimum Gasteiger partial charge on any atom is -0.469 e. The smallest absolute Gasteiger partial charge is 0.310 e. The first-order valence-corrected chi connectivity index (χ1v) is 17.9.